The van der Waals surface area contributed by atoms with Crippen molar-refractivity contribution in [2.75, 3.05) is 5.32 Å². The molecule has 1 amide bonds. The number of aromatic nitrogens is 3. The molecule has 2 aromatic heterocycles. The highest BCUT2D eigenvalue weighted by molar-refractivity contribution is 6.33. The zero-order valence-corrected chi connectivity index (χ0v) is 17.4. The Labute approximate surface area is 175 Å². The number of benzene rings is 1. The minimum Gasteiger partial charge on any atom is -0.490 e. The van der Waals surface area contributed by atoms with Gasteiger partial charge in [0.25, 0.3) is 5.91 Å². The standard InChI is InChI=1S/C20H17ClN4O2.C2H6/c1-12-6-7-22-9-16(12)20(26)25-19-11-23-18(10-24-19)15-8-14(4-5-17(15)21)27-13-2-3-13;1-2/h4-11,13H,2-3H2,1H3,(H,24,25,26);1-2H3. The Hall–Kier alpha value is -2.99. The lowest BCUT2D eigenvalue weighted by molar-refractivity contribution is 0.102. The zero-order valence-electron chi connectivity index (χ0n) is 16.6. The van der Waals surface area contributed by atoms with E-state index in [1.165, 1.54) is 12.4 Å². The van der Waals surface area contributed by atoms with E-state index < -0.39 is 0 Å². The molecule has 1 N–H and O–H groups in total. The molecular weight excluding hydrogens is 388 g/mol. The monoisotopic (exact) mass is 410 g/mol. The molecule has 0 atom stereocenters. The molecule has 3 aromatic rings. The number of hydrogen-bond acceptors (Lipinski definition) is 5. The first kappa shape index (κ1) is 20.7. The van der Waals surface area contributed by atoms with Gasteiger partial charge in [-0.25, -0.2) is 4.98 Å². The third-order valence-corrected chi connectivity index (χ3v) is 4.55. The van der Waals surface area contributed by atoms with Gasteiger partial charge in [-0.1, -0.05) is 25.4 Å². The Bertz CT molecular complexity index is 988. The van der Waals surface area contributed by atoms with Crippen LogP contribution < -0.4 is 10.1 Å². The molecule has 150 valence electrons. The zero-order chi connectivity index (χ0) is 20.8. The predicted molar refractivity (Wildman–Crippen MR) is 114 cm³/mol. The topological polar surface area (TPSA) is 77.0 Å². The molecule has 1 aliphatic rings. The van der Waals surface area contributed by atoms with Crippen LogP contribution in [0.25, 0.3) is 11.3 Å². The molecule has 0 unspecified atom stereocenters. The van der Waals surface area contributed by atoms with E-state index >= 15 is 0 Å². The molecule has 2 heterocycles. The molecule has 1 aliphatic carbocycles. The number of nitrogens with zero attached hydrogens (tertiary/aromatic N) is 3. The number of amides is 1. The SMILES string of the molecule is CC.Cc1ccncc1C(=O)Nc1cnc(-c2cc(OC3CC3)ccc2Cl)cn1. The fourth-order valence-corrected chi connectivity index (χ4v) is 2.78. The molecule has 0 bridgehead atoms. The summed E-state index contributed by atoms with van der Waals surface area (Å²) in [5.41, 5.74) is 2.68. The third kappa shape index (κ3) is 5.29. The van der Waals surface area contributed by atoms with Gasteiger partial charge in [0, 0.05) is 18.0 Å². The number of carbonyl (C=O) groups is 1. The second-order valence-electron chi connectivity index (χ2n) is 6.39. The van der Waals surface area contributed by atoms with E-state index in [1.54, 1.807) is 24.5 Å². The van der Waals surface area contributed by atoms with E-state index in [0.717, 1.165) is 29.7 Å². The molecule has 0 saturated heterocycles. The molecule has 1 aromatic carbocycles. The summed E-state index contributed by atoms with van der Waals surface area (Å²) in [6, 6.07) is 7.28. The van der Waals surface area contributed by atoms with Crippen molar-refractivity contribution in [2.24, 2.45) is 0 Å². The van der Waals surface area contributed by atoms with Gasteiger partial charge < -0.3 is 10.1 Å². The van der Waals surface area contributed by atoms with Crippen LogP contribution in [0, 0.1) is 6.92 Å². The molecule has 0 radical (unpaired) electrons. The van der Waals surface area contributed by atoms with E-state index in [2.05, 4.69) is 20.3 Å². The van der Waals surface area contributed by atoms with Crippen molar-refractivity contribution in [3.8, 4) is 17.0 Å². The van der Waals surface area contributed by atoms with E-state index in [1.807, 2.05) is 32.9 Å². The average Bonchev–Trinajstić information content (AvgIpc) is 3.56. The summed E-state index contributed by atoms with van der Waals surface area (Å²) in [4.78, 5) is 25.0. The summed E-state index contributed by atoms with van der Waals surface area (Å²) >= 11 is 6.30. The maximum atomic E-state index is 12.3. The van der Waals surface area contributed by atoms with Crippen LogP contribution in [0.15, 0.2) is 49.1 Å². The summed E-state index contributed by atoms with van der Waals surface area (Å²) in [6.07, 6.45) is 8.73. The molecule has 0 aliphatic heterocycles. The summed E-state index contributed by atoms with van der Waals surface area (Å²) < 4.78 is 5.81. The number of hydrogen-bond donors (Lipinski definition) is 1. The first-order valence-corrected chi connectivity index (χ1v) is 9.98. The summed E-state index contributed by atoms with van der Waals surface area (Å²) in [5, 5.41) is 3.29. The highest BCUT2D eigenvalue weighted by Crippen LogP contribution is 2.33. The number of carbonyl (C=O) groups excluding carboxylic acids is 1. The number of aryl methyl sites for hydroxylation is 1. The number of pyridine rings is 1. The molecule has 29 heavy (non-hydrogen) atoms. The molecular formula is C22H23ClN4O2. The Morgan fingerprint density at radius 2 is 1.93 bits per heavy atom. The van der Waals surface area contributed by atoms with Crippen molar-refractivity contribution in [2.45, 2.75) is 39.7 Å². The summed E-state index contributed by atoms with van der Waals surface area (Å²) in [5.74, 6) is 0.845. The van der Waals surface area contributed by atoms with Crippen molar-refractivity contribution in [1.29, 1.82) is 0 Å². The predicted octanol–water partition coefficient (Wildman–Crippen LogP) is 5.32. The Balaban J connectivity index is 0.00000117. The molecule has 0 spiro atoms. The summed E-state index contributed by atoms with van der Waals surface area (Å²) in [6.45, 7) is 5.85. The molecule has 6 nitrogen and oxygen atoms in total. The van der Waals surface area contributed by atoms with Gasteiger partial charge in [-0.05, 0) is 49.6 Å². The Morgan fingerprint density at radius 1 is 1.14 bits per heavy atom. The van der Waals surface area contributed by atoms with Crippen LogP contribution >= 0.6 is 11.6 Å². The lowest BCUT2D eigenvalue weighted by Crippen LogP contribution is -2.14. The van der Waals surface area contributed by atoms with Gasteiger partial charge in [-0.15, -0.1) is 0 Å². The molecule has 1 fully saturated rings. The molecule has 7 heteroatoms. The largest absolute Gasteiger partial charge is 0.490 e. The van der Waals surface area contributed by atoms with Crippen LogP contribution in [0.5, 0.6) is 5.75 Å². The van der Waals surface area contributed by atoms with Crippen LogP contribution in [-0.4, -0.2) is 27.0 Å². The smallest absolute Gasteiger partial charge is 0.258 e. The number of halogens is 1. The van der Waals surface area contributed by atoms with Crippen molar-refractivity contribution in [3.05, 3.63) is 65.2 Å². The van der Waals surface area contributed by atoms with Gasteiger partial charge in [0.05, 0.1) is 34.8 Å². The second-order valence-corrected chi connectivity index (χ2v) is 6.80. The number of rotatable bonds is 5. The number of ether oxygens (including phenoxy) is 1. The first-order valence-electron chi connectivity index (χ1n) is 9.61. The highest BCUT2D eigenvalue weighted by Gasteiger charge is 2.23. The Morgan fingerprint density at radius 3 is 2.59 bits per heavy atom. The van der Waals surface area contributed by atoms with Crippen LogP contribution in [-0.2, 0) is 0 Å². The fraction of sp³-hybridized carbons (Fsp3) is 0.273. The summed E-state index contributed by atoms with van der Waals surface area (Å²) in [7, 11) is 0. The minimum absolute atomic E-state index is 0.277. The molecule has 4 rings (SSSR count). The third-order valence-electron chi connectivity index (χ3n) is 4.22. The first-order chi connectivity index (χ1) is 14.1. The van der Waals surface area contributed by atoms with Gasteiger partial charge in [-0.2, -0.15) is 0 Å². The van der Waals surface area contributed by atoms with Crippen LogP contribution in [0.2, 0.25) is 5.02 Å². The van der Waals surface area contributed by atoms with Crippen LogP contribution in [0.3, 0.4) is 0 Å². The van der Waals surface area contributed by atoms with Crippen molar-refractivity contribution in [3.63, 3.8) is 0 Å². The quantitative estimate of drug-likeness (QED) is 0.615. The highest BCUT2D eigenvalue weighted by atomic mass is 35.5. The van der Waals surface area contributed by atoms with Gasteiger partial charge >= 0.3 is 0 Å². The van der Waals surface area contributed by atoms with Crippen molar-refractivity contribution < 1.29 is 9.53 Å². The van der Waals surface area contributed by atoms with Gasteiger partial charge in [0.15, 0.2) is 5.82 Å². The van der Waals surface area contributed by atoms with Crippen molar-refractivity contribution >= 4 is 23.3 Å². The second kappa shape index (κ2) is 9.47. The number of anilines is 1. The van der Waals surface area contributed by atoms with E-state index in [9.17, 15) is 4.79 Å². The van der Waals surface area contributed by atoms with Crippen LogP contribution in [0.4, 0.5) is 5.82 Å². The van der Waals surface area contributed by atoms with E-state index in [0.29, 0.717) is 28.2 Å². The fourth-order valence-electron chi connectivity index (χ4n) is 2.57. The van der Waals surface area contributed by atoms with Crippen molar-refractivity contribution in [1.82, 2.24) is 15.0 Å². The maximum Gasteiger partial charge on any atom is 0.258 e. The lowest BCUT2D eigenvalue weighted by Gasteiger charge is -2.09. The molecule has 1 saturated carbocycles. The van der Waals surface area contributed by atoms with Gasteiger partial charge in [0.1, 0.15) is 5.75 Å². The van der Waals surface area contributed by atoms with E-state index in [-0.39, 0.29) is 5.91 Å². The van der Waals surface area contributed by atoms with Gasteiger partial charge in [0.2, 0.25) is 0 Å². The minimum atomic E-state index is -0.277. The van der Waals surface area contributed by atoms with E-state index in [4.69, 9.17) is 16.3 Å². The van der Waals surface area contributed by atoms with Gasteiger partial charge in [-0.3, -0.25) is 14.8 Å². The average molecular weight is 411 g/mol. The number of nitrogens with one attached hydrogen (secondary N) is 1. The Kier molecular flexibility index (Phi) is 6.77. The normalized spacial score (nSPS) is 12.6. The lowest BCUT2D eigenvalue weighted by atomic mass is 10.1. The van der Waals surface area contributed by atoms with Crippen LogP contribution in [0.1, 0.15) is 42.6 Å². The maximum absolute atomic E-state index is 12.3.